The molecule has 9 heteroatoms. The van der Waals surface area contributed by atoms with Crippen molar-refractivity contribution in [3.8, 4) is 0 Å². The number of likely N-dealkylation sites (N-methyl/N-ethyl adjacent to an activating group) is 2. The predicted octanol–water partition coefficient (Wildman–Crippen LogP) is 0.746. The average molecular weight is 360 g/mol. The third-order valence-electron chi connectivity index (χ3n) is 4.22. The van der Waals surface area contributed by atoms with Gasteiger partial charge in [0.1, 0.15) is 6.33 Å². The van der Waals surface area contributed by atoms with Gasteiger partial charge < -0.3 is 15.1 Å². The van der Waals surface area contributed by atoms with Crippen molar-refractivity contribution in [3.63, 3.8) is 0 Å². The Morgan fingerprint density at radius 2 is 2.20 bits per heavy atom. The van der Waals surface area contributed by atoms with Gasteiger partial charge in [0.25, 0.3) is 5.91 Å². The van der Waals surface area contributed by atoms with Crippen LogP contribution in [0.5, 0.6) is 0 Å². The summed E-state index contributed by atoms with van der Waals surface area (Å²) in [5.41, 5.74) is 2.60. The number of carbonyl (C=O) groups is 2. The van der Waals surface area contributed by atoms with Gasteiger partial charge in [-0.15, -0.1) is 5.10 Å². The van der Waals surface area contributed by atoms with Crippen LogP contribution in [-0.2, 0) is 11.2 Å². The molecule has 0 atom stereocenters. The summed E-state index contributed by atoms with van der Waals surface area (Å²) in [7, 11) is 1.73. The monoisotopic (exact) mass is 360 g/mol. The van der Waals surface area contributed by atoms with E-state index in [1.54, 1.807) is 16.8 Å². The summed E-state index contributed by atoms with van der Waals surface area (Å²) in [6, 6.07) is 5.72. The van der Waals surface area contributed by atoms with Crippen molar-refractivity contribution in [2.75, 3.05) is 36.5 Å². The molecule has 2 amide bonds. The van der Waals surface area contributed by atoms with Gasteiger partial charge in [-0.05, 0) is 43.5 Å². The Labute approximate surface area is 151 Å². The van der Waals surface area contributed by atoms with Gasteiger partial charge in [-0.3, -0.25) is 9.59 Å². The molecular formula is C16H20N6O2S. The van der Waals surface area contributed by atoms with E-state index >= 15 is 0 Å². The van der Waals surface area contributed by atoms with E-state index in [0.717, 1.165) is 34.0 Å². The molecule has 0 saturated heterocycles. The molecule has 132 valence electrons. The molecule has 8 nitrogen and oxygen atoms in total. The van der Waals surface area contributed by atoms with Crippen molar-refractivity contribution in [2.24, 2.45) is 0 Å². The highest BCUT2D eigenvalue weighted by atomic mass is 32.1. The van der Waals surface area contributed by atoms with Gasteiger partial charge in [0.2, 0.25) is 11.7 Å². The van der Waals surface area contributed by atoms with Crippen LogP contribution in [0.15, 0.2) is 24.5 Å². The number of anilines is 2. The maximum absolute atomic E-state index is 12.7. The lowest BCUT2D eigenvalue weighted by Crippen LogP contribution is -2.35. The van der Waals surface area contributed by atoms with Gasteiger partial charge in [0.05, 0.1) is 6.54 Å². The summed E-state index contributed by atoms with van der Waals surface area (Å²) in [5, 5.41) is 6.85. The highest BCUT2D eigenvalue weighted by molar-refractivity contribution is 7.78. The van der Waals surface area contributed by atoms with E-state index in [9.17, 15) is 9.59 Å². The molecule has 0 saturated carbocycles. The van der Waals surface area contributed by atoms with Crippen LogP contribution in [0.3, 0.4) is 0 Å². The van der Waals surface area contributed by atoms with E-state index in [1.807, 2.05) is 25.1 Å². The number of rotatable bonds is 5. The van der Waals surface area contributed by atoms with Crippen LogP contribution in [-0.4, -0.2) is 52.7 Å². The van der Waals surface area contributed by atoms with Crippen LogP contribution in [0.25, 0.3) is 0 Å². The van der Waals surface area contributed by atoms with Crippen molar-refractivity contribution < 1.29 is 9.59 Å². The molecule has 1 aromatic carbocycles. The lowest BCUT2D eigenvalue weighted by Gasteiger charge is -2.21. The van der Waals surface area contributed by atoms with Gasteiger partial charge in [-0.2, -0.15) is 4.09 Å². The highest BCUT2D eigenvalue weighted by Gasteiger charge is 2.29. The molecule has 0 aliphatic carbocycles. The van der Waals surface area contributed by atoms with E-state index in [1.165, 1.54) is 6.33 Å². The highest BCUT2D eigenvalue weighted by Crippen LogP contribution is 2.32. The SMILES string of the molecule is CCNCC(=O)N(C)c1ccc2c(c1)N(C(=O)c1ncnn1S)CC2. The molecule has 0 unspecified atom stereocenters. The minimum atomic E-state index is -0.259. The third kappa shape index (κ3) is 3.38. The summed E-state index contributed by atoms with van der Waals surface area (Å²) < 4.78 is 1.16. The Balaban J connectivity index is 1.85. The minimum absolute atomic E-state index is 0.0345. The van der Waals surface area contributed by atoms with Gasteiger partial charge in [0, 0.05) is 25.0 Å². The fraction of sp³-hybridized carbons (Fsp3) is 0.375. The van der Waals surface area contributed by atoms with E-state index in [0.29, 0.717) is 6.54 Å². The summed E-state index contributed by atoms with van der Waals surface area (Å²) in [4.78, 5) is 32.1. The zero-order chi connectivity index (χ0) is 18.0. The largest absolute Gasteiger partial charge is 0.314 e. The van der Waals surface area contributed by atoms with Crippen molar-refractivity contribution in [3.05, 3.63) is 35.9 Å². The normalized spacial score (nSPS) is 13.0. The quantitative estimate of drug-likeness (QED) is 0.769. The molecule has 0 radical (unpaired) electrons. The number of thiol groups is 1. The second kappa shape index (κ2) is 7.24. The molecule has 0 spiro atoms. The fourth-order valence-electron chi connectivity index (χ4n) is 2.78. The lowest BCUT2D eigenvalue weighted by atomic mass is 10.1. The molecule has 3 rings (SSSR count). The first-order valence-electron chi connectivity index (χ1n) is 8.04. The smallest absolute Gasteiger partial charge is 0.296 e. The summed E-state index contributed by atoms with van der Waals surface area (Å²) in [5.74, 6) is -0.129. The molecular weight excluding hydrogens is 340 g/mol. The number of nitrogens with zero attached hydrogens (tertiary/aromatic N) is 5. The Morgan fingerprint density at radius 1 is 1.40 bits per heavy atom. The number of aromatic nitrogens is 3. The van der Waals surface area contributed by atoms with Crippen LogP contribution in [0, 0.1) is 0 Å². The van der Waals surface area contributed by atoms with Crippen molar-refractivity contribution in [1.82, 2.24) is 19.5 Å². The number of hydrogen-bond acceptors (Lipinski definition) is 6. The van der Waals surface area contributed by atoms with E-state index in [2.05, 4.69) is 28.2 Å². The molecule has 2 aromatic rings. The number of benzene rings is 1. The van der Waals surface area contributed by atoms with Gasteiger partial charge in [-0.1, -0.05) is 13.0 Å². The molecule has 25 heavy (non-hydrogen) atoms. The van der Waals surface area contributed by atoms with Crippen LogP contribution in [0.2, 0.25) is 0 Å². The first-order valence-corrected chi connectivity index (χ1v) is 8.44. The number of amides is 2. The first kappa shape index (κ1) is 17.4. The Morgan fingerprint density at radius 3 is 2.88 bits per heavy atom. The zero-order valence-corrected chi connectivity index (χ0v) is 15.0. The summed E-state index contributed by atoms with van der Waals surface area (Å²) in [6.07, 6.45) is 2.05. The lowest BCUT2D eigenvalue weighted by molar-refractivity contribution is -0.117. The number of fused-ring (bicyclic) bond motifs is 1. The zero-order valence-electron chi connectivity index (χ0n) is 14.1. The third-order valence-corrected chi connectivity index (χ3v) is 4.51. The Bertz CT molecular complexity index is 806. The Kier molecular flexibility index (Phi) is 5.05. The van der Waals surface area contributed by atoms with Crippen LogP contribution in [0.4, 0.5) is 11.4 Å². The number of hydrogen-bond donors (Lipinski definition) is 2. The maximum Gasteiger partial charge on any atom is 0.296 e. The van der Waals surface area contributed by atoms with Crippen molar-refractivity contribution >= 4 is 36.0 Å². The predicted molar refractivity (Wildman–Crippen MR) is 98.2 cm³/mol. The molecule has 2 heterocycles. The first-order chi connectivity index (χ1) is 12.0. The molecule has 0 bridgehead atoms. The van der Waals surface area contributed by atoms with Gasteiger partial charge in [-0.25, -0.2) is 4.98 Å². The van der Waals surface area contributed by atoms with Crippen LogP contribution < -0.4 is 15.1 Å². The van der Waals surface area contributed by atoms with Crippen LogP contribution >= 0.6 is 12.8 Å². The van der Waals surface area contributed by atoms with E-state index < -0.39 is 0 Å². The van der Waals surface area contributed by atoms with E-state index in [4.69, 9.17) is 0 Å². The van der Waals surface area contributed by atoms with E-state index in [-0.39, 0.29) is 24.2 Å². The molecule has 0 fully saturated rings. The molecule has 1 aliphatic heterocycles. The van der Waals surface area contributed by atoms with Crippen molar-refractivity contribution in [1.29, 1.82) is 0 Å². The van der Waals surface area contributed by atoms with Crippen LogP contribution in [0.1, 0.15) is 23.1 Å². The molecule has 1 aromatic heterocycles. The van der Waals surface area contributed by atoms with Gasteiger partial charge in [0.15, 0.2) is 0 Å². The van der Waals surface area contributed by atoms with Crippen molar-refractivity contribution in [2.45, 2.75) is 13.3 Å². The topological polar surface area (TPSA) is 83.4 Å². The van der Waals surface area contributed by atoms with Gasteiger partial charge >= 0.3 is 0 Å². The number of carbonyl (C=O) groups excluding carboxylic acids is 2. The summed E-state index contributed by atoms with van der Waals surface area (Å²) in [6.45, 7) is 3.52. The second-order valence-corrected chi connectivity index (χ2v) is 6.10. The molecule has 1 N–H and O–H groups in total. The second-order valence-electron chi connectivity index (χ2n) is 5.73. The molecule has 1 aliphatic rings. The average Bonchev–Trinajstić information content (AvgIpc) is 3.23. The number of nitrogens with one attached hydrogen (secondary N) is 1. The Hall–Kier alpha value is -2.39. The maximum atomic E-state index is 12.7. The minimum Gasteiger partial charge on any atom is -0.314 e. The summed E-state index contributed by atoms with van der Waals surface area (Å²) >= 11 is 4.10. The fourth-order valence-corrected chi connectivity index (χ4v) is 2.96. The standard InChI is InChI=1S/C16H20N6O2S/c1-3-17-9-14(23)20(2)12-5-4-11-6-7-21(13(11)8-12)16(24)15-18-10-19-22(15)25/h4-5,8,10,17,25H,3,6-7,9H2,1-2H3.